The second kappa shape index (κ2) is 3.71. The summed E-state index contributed by atoms with van der Waals surface area (Å²) in [7, 11) is 0. The van der Waals surface area contributed by atoms with Crippen LogP contribution in [0.15, 0.2) is 12.3 Å². The summed E-state index contributed by atoms with van der Waals surface area (Å²) in [6.07, 6.45) is 1.47. The number of nitrogens with two attached hydrogens (primary N) is 2. The van der Waals surface area contributed by atoms with Crippen molar-refractivity contribution in [3.63, 3.8) is 0 Å². The first-order valence-corrected chi connectivity index (χ1v) is 3.80. The van der Waals surface area contributed by atoms with Crippen LogP contribution in [0.3, 0.4) is 0 Å². The Morgan fingerprint density at radius 3 is 2.83 bits per heavy atom. The molecule has 1 atom stereocenters. The van der Waals surface area contributed by atoms with E-state index in [1.807, 2.05) is 0 Å². The molecule has 5 N–H and O–H groups in total. The van der Waals surface area contributed by atoms with Crippen LogP contribution in [-0.4, -0.2) is 16.7 Å². The van der Waals surface area contributed by atoms with Crippen molar-refractivity contribution >= 4 is 17.3 Å². The van der Waals surface area contributed by atoms with Crippen LogP contribution in [0.5, 0.6) is 0 Å². The minimum absolute atomic E-state index is 0.159. The van der Waals surface area contributed by atoms with Crippen LogP contribution in [0.1, 0.15) is 11.6 Å². The van der Waals surface area contributed by atoms with Crippen molar-refractivity contribution in [1.29, 1.82) is 0 Å². The summed E-state index contributed by atoms with van der Waals surface area (Å²) in [6.45, 7) is -0.159. The van der Waals surface area contributed by atoms with Gasteiger partial charge >= 0.3 is 0 Å². The average molecular weight is 188 g/mol. The standard InChI is InChI=1S/C7H10ClN3O/c8-7-1-5(9)4(2-11-7)6(10)3-12/h1-2,6,12H,3,10H2,(H2,9,11). The molecule has 1 heterocycles. The van der Waals surface area contributed by atoms with Gasteiger partial charge in [-0.05, 0) is 6.07 Å². The molecule has 4 nitrogen and oxygen atoms in total. The molecule has 1 rings (SSSR count). The molecule has 0 saturated carbocycles. The van der Waals surface area contributed by atoms with E-state index in [-0.39, 0.29) is 6.61 Å². The Balaban J connectivity index is 3.01. The molecule has 0 bridgehead atoms. The number of nitrogen functional groups attached to an aromatic ring is 1. The largest absolute Gasteiger partial charge is 0.398 e. The molecule has 1 unspecified atom stereocenters. The molecular weight excluding hydrogens is 178 g/mol. The lowest BCUT2D eigenvalue weighted by Crippen LogP contribution is -2.16. The summed E-state index contributed by atoms with van der Waals surface area (Å²) in [5.41, 5.74) is 12.2. The minimum atomic E-state index is -0.491. The molecule has 0 radical (unpaired) electrons. The van der Waals surface area contributed by atoms with Gasteiger partial charge in [0, 0.05) is 17.4 Å². The van der Waals surface area contributed by atoms with Crippen LogP contribution in [0.25, 0.3) is 0 Å². The topological polar surface area (TPSA) is 85.2 Å². The quantitative estimate of drug-likeness (QED) is 0.582. The summed E-state index contributed by atoms with van der Waals surface area (Å²) in [5.74, 6) is 0. The van der Waals surface area contributed by atoms with Crippen LogP contribution < -0.4 is 11.5 Å². The lowest BCUT2D eigenvalue weighted by Gasteiger charge is -2.10. The van der Waals surface area contributed by atoms with E-state index in [1.165, 1.54) is 12.3 Å². The van der Waals surface area contributed by atoms with Gasteiger partial charge in [-0.15, -0.1) is 0 Å². The van der Waals surface area contributed by atoms with E-state index in [1.54, 1.807) is 0 Å². The van der Waals surface area contributed by atoms with Gasteiger partial charge in [0.25, 0.3) is 0 Å². The number of aromatic nitrogens is 1. The number of aliphatic hydroxyl groups is 1. The SMILES string of the molecule is Nc1cc(Cl)ncc1C(N)CO. The highest BCUT2D eigenvalue weighted by atomic mass is 35.5. The van der Waals surface area contributed by atoms with E-state index in [9.17, 15) is 0 Å². The Bertz CT molecular complexity index is 279. The third kappa shape index (κ3) is 1.85. The van der Waals surface area contributed by atoms with Gasteiger partial charge in [0.1, 0.15) is 5.15 Å². The maximum absolute atomic E-state index is 8.74. The highest BCUT2D eigenvalue weighted by Crippen LogP contribution is 2.19. The average Bonchev–Trinajstić information content (AvgIpc) is 2.03. The fourth-order valence-electron chi connectivity index (χ4n) is 0.863. The summed E-state index contributed by atoms with van der Waals surface area (Å²) in [5, 5.41) is 9.06. The predicted octanol–water partition coefficient (Wildman–Crippen LogP) is 0.309. The first kappa shape index (κ1) is 9.25. The Morgan fingerprint density at radius 2 is 2.33 bits per heavy atom. The Labute approximate surface area is 75.2 Å². The summed E-state index contributed by atoms with van der Waals surface area (Å²) in [4.78, 5) is 3.80. The Hall–Kier alpha value is -0.840. The molecule has 0 amide bonds. The van der Waals surface area contributed by atoms with Crippen molar-refractivity contribution in [2.75, 3.05) is 12.3 Å². The van der Waals surface area contributed by atoms with E-state index in [0.29, 0.717) is 16.4 Å². The number of pyridine rings is 1. The number of nitrogens with zero attached hydrogens (tertiary/aromatic N) is 1. The zero-order valence-corrected chi connectivity index (χ0v) is 7.12. The van der Waals surface area contributed by atoms with Gasteiger partial charge in [0.15, 0.2) is 0 Å². The van der Waals surface area contributed by atoms with Gasteiger partial charge in [0.2, 0.25) is 0 Å². The van der Waals surface area contributed by atoms with E-state index >= 15 is 0 Å². The van der Waals surface area contributed by atoms with Gasteiger partial charge in [-0.3, -0.25) is 0 Å². The molecule has 0 aliphatic rings. The van der Waals surface area contributed by atoms with Crippen molar-refractivity contribution in [1.82, 2.24) is 4.98 Å². The lowest BCUT2D eigenvalue weighted by atomic mass is 10.1. The first-order valence-electron chi connectivity index (χ1n) is 3.42. The second-order valence-corrected chi connectivity index (χ2v) is 2.81. The normalized spacial score (nSPS) is 12.9. The summed E-state index contributed by atoms with van der Waals surface area (Å²) in [6, 6.07) is 1.02. The van der Waals surface area contributed by atoms with E-state index in [4.69, 9.17) is 28.2 Å². The molecule has 66 valence electrons. The van der Waals surface area contributed by atoms with Crippen LogP contribution >= 0.6 is 11.6 Å². The number of rotatable bonds is 2. The zero-order valence-electron chi connectivity index (χ0n) is 6.37. The smallest absolute Gasteiger partial charge is 0.131 e. The maximum Gasteiger partial charge on any atom is 0.131 e. The molecule has 12 heavy (non-hydrogen) atoms. The number of aliphatic hydroxyl groups excluding tert-OH is 1. The van der Waals surface area contributed by atoms with Crippen molar-refractivity contribution in [3.05, 3.63) is 23.0 Å². The zero-order chi connectivity index (χ0) is 9.14. The van der Waals surface area contributed by atoms with Gasteiger partial charge in [-0.2, -0.15) is 0 Å². The molecule has 0 aliphatic carbocycles. The summed E-state index contributed by atoms with van der Waals surface area (Å²) >= 11 is 5.57. The molecule has 5 heteroatoms. The summed E-state index contributed by atoms with van der Waals surface area (Å²) < 4.78 is 0. The number of hydrogen-bond donors (Lipinski definition) is 3. The fourth-order valence-corrected chi connectivity index (χ4v) is 1.03. The molecule has 1 aromatic heterocycles. The van der Waals surface area contributed by atoms with Crippen LogP contribution in [-0.2, 0) is 0 Å². The molecule has 0 aromatic carbocycles. The van der Waals surface area contributed by atoms with Crippen LogP contribution in [0.4, 0.5) is 5.69 Å². The Morgan fingerprint density at radius 1 is 1.67 bits per heavy atom. The van der Waals surface area contributed by atoms with Gasteiger partial charge in [-0.25, -0.2) is 4.98 Å². The highest BCUT2D eigenvalue weighted by molar-refractivity contribution is 6.29. The Kier molecular flexibility index (Phi) is 2.86. The third-order valence-corrected chi connectivity index (χ3v) is 1.74. The predicted molar refractivity (Wildman–Crippen MR) is 47.7 cm³/mol. The van der Waals surface area contributed by atoms with Crippen molar-refractivity contribution in [3.8, 4) is 0 Å². The van der Waals surface area contributed by atoms with Gasteiger partial charge in [0.05, 0.1) is 12.6 Å². The van der Waals surface area contributed by atoms with Crippen molar-refractivity contribution < 1.29 is 5.11 Å². The molecular formula is C7H10ClN3O. The monoisotopic (exact) mass is 187 g/mol. The minimum Gasteiger partial charge on any atom is -0.398 e. The van der Waals surface area contributed by atoms with Crippen LogP contribution in [0, 0.1) is 0 Å². The van der Waals surface area contributed by atoms with E-state index in [2.05, 4.69) is 4.98 Å². The molecule has 0 aliphatic heterocycles. The van der Waals surface area contributed by atoms with Crippen molar-refractivity contribution in [2.24, 2.45) is 5.73 Å². The van der Waals surface area contributed by atoms with Crippen LogP contribution in [0.2, 0.25) is 5.15 Å². The van der Waals surface area contributed by atoms with E-state index < -0.39 is 6.04 Å². The fraction of sp³-hybridized carbons (Fsp3) is 0.286. The number of hydrogen-bond acceptors (Lipinski definition) is 4. The molecule has 0 saturated heterocycles. The third-order valence-electron chi connectivity index (χ3n) is 1.53. The van der Waals surface area contributed by atoms with Gasteiger partial charge in [-0.1, -0.05) is 11.6 Å². The highest BCUT2D eigenvalue weighted by Gasteiger charge is 2.08. The molecule has 0 spiro atoms. The molecule has 1 aromatic rings. The van der Waals surface area contributed by atoms with E-state index in [0.717, 1.165) is 0 Å². The number of anilines is 1. The second-order valence-electron chi connectivity index (χ2n) is 2.43. The number of halogens is 1. The van der Waals surface area contributed by atoms with Gasteiger partial charge < -0.3 is 16.6 Å². The molecule has 0 fully saturated rings. The maximum atomic E-state index is 8.74. The first-order chi connectivity index (χ1) is 5.65. The lowest BCUT2D eigenvalue weighted by molar-refractivity contribution is 0.268. The van der Waals surface area contributed by atoms with Crippen molar-refractivity contribution in [2.45, 2.75) is 6.04 Å².